The van der Waals surface area contributed by atoms with Crippen LogP contribution in [-0.2, 0) is 4.79 Å². The average molecular weight is 232 g/mol. The first-order valence-corrected chi connectivity index (χ1v) is 6.34. The van der Waals surface area contributed by atoms with Gasteiger partial charge >= 0.3 is 0 Å². The standard InChI is InChI=1S/C14H20N2O/c1-3-9-15-12-8-10-16(14(12)17)13-7-5-4-6-11(13)2/h4-7,12,15H,3,8-10H2,1-2H3. The van der Waals surface area contributed by atoms with Crippen LogP contribution < -0.4 is 10.2 Å². The number of benzene rings is 1. The minimum Gasteiger partial charge on any atom is -0.311 e. The quantitative estimate of drug-likeness (QED) is 0.862. The van der Waals surface area contributed by atoms with E-state index >= 15 is 0 Å². The summed E-state index contributed by atoms with van der Waals surface area (Å²) in [6.45, 7) is 5.91. The normalized spacial score (nSPS) is 20.0. The maximum absolute atomic E-state index is 12.2. The number of amides is 1. The van der Waals surface area contributed by atoms with Crippen LogP contribution >= 0.6 is 0 Å². The SMILES string of the molecule is CCCNC1CCN(c2ccccc2C)C1=O. The molecule has 1 amide bonds. The van der Waals surface area contributed by atoms with Gasteiger partial charge in [0.1, 0.15) is 0 Å². The monoisotopic (exact) mass is 232 g/mol. The number of rotatable bonds is 4. The second-order valence-corrected chi connectivity index (χ2v) is 4.57. The summed E-state index contributed by atoms with van der Waals surface area (Å²) in [6, 6.07) is 8.08. The van der Waals surface area contributed by atoms with E-state index in [4.69, 9.17) is 0 Å². The average Bonchev–Trinajstić information content (AvgIpc) is 2.69. The lowest BCUT2D eigenvalue weighted by Gasteiger charge is -2.19. The molecule has 1 aromatic rings. The lowest BCUT2D eigenvalue weighted by atomic mass is 10.2. The van der Waals surface area contributed by atoms with Crippen molar-refractivity contribution in [2.45, 2.75) is 32.7 Å². The molecule has 1 fully saturated rings. The van der Waals surface area contributed by atoms with Crippen LogP contribution in [0.3, 0.4) is 0 Å². The summed E-state index contributed by atoms with van der Waals surface area (Å²) < 4.78 is 0. The van der Waals surface area contributed by atoms with E-state index < -0.39 is 0 Å². The molecular weight excluding hydrogens is 212 g/mol. The molecule has 1 aliphatic rings. The Labute approximate surface area is 103 Å². The topological polar surface area (TPSA) is 32.3 Å². The van der Waals surface area contributed by atoms with Gasteiger partial charge in [-0.3, -0.25) is 4.79 Å². The van der Waals surface area contributed by atoms with Crippen molar-refractivity contribution in [1.29, 1.82) is 0 Å². The number of anilines is 1. The van der Waals surface area contributed by atoms with Gasteiger partial charge in [-0.05, 0) is 37.9 Å². The zero-order valence-electron chi connectivity index (χ0n) is 10.6. The first kappa shape index (κ1) is 12.1. The van der Waals surface area contributed by atoms with Crippen molar-refractivity contribution in [3.05, 3.63) is 29.8 Å². The molecule has 3 nitrogen and oxygen atoms in total. The highest BCUT2D eigenvalue weighted by Gasteiger charge is 2.32. The zero-order valence-corrected chi connectivity index (χ0v) is 10.6. The predicted molar refractivity (Wildman–Crippen MR) is 70.2 cm³/mol. The lowest BCUT2D eigenvalue weighted by Crippen LogP contribution is -2.38. The Hall–Kier alpha value is -1.35. The fourth-order valence-corrected chi connectivity index (χ4v) is 2.29. The highest BCUT2D eigenvalue weighted by atomic mass is 16.2. The van der Waals surface area contributed by atoms with Gasteiger partial charge in [0.25, 0.3) is 0 Å². The van der Waals surface area contributed by atoms with Gasteiger partial charge in [0, 0.05) is 12.2 Å². The summed E-state index contributed by atoms with van der Waals surface area (Å²) in [7, 11) is 0. The second-order valence-electron chi connectivity index (χ2n) is 4.57. The van der Waals surface area contributed by atoms with Gasteiger partial charge in [-0.1, -0.05) is 25.1 Å². The van der Waals surface area contributed by atoms with Crippen LogP contribution in [0.15, 0.2) is 24.3 Å². The highest BCUT2D eigenvalue weighted by Crippen LogP contribution is 2.24. The van der Waals surface area contributed by atoms with Crippen molar-refractivity contribution in [2.75, 3.05) is 18.0 Å². The maximum Gasteiger partial charge on any atom is 0.244 e. The molecule has 1 aliphatic heterocycles. The van der Waals surface area contributed by atoms with Gasteiger partial charge in [0.15, 0.2) is 0 Å². The van der Waals surface area contributed by atoms with Crippen molar-refractivity contribution < 1.29 is 4.79 Å². The zero-order chi connectivity index (χ0) is 12.3. The van der Waals surface area contributed by atoms with Crippen molar-refractivity contribution in [2.24, 2.45) is 0 Å². The number of nitrogens with zero attached hydrogens (tertiary/aromatic N) is 1. The Morgan fingerprint density at radius 3 is 2.88 bits per heavy atom. The van der Waals surface area contributed by atoms with Crippen molar-refractivity contribution in [3.8, 4) is 0 Å². The van der Waals surface area contributed by atoms with Gasteiger partial charge in [-0.2, -0.15) is 0 Å². The molecule has 3 heteroatoms. The van der Waals surface area contributed by atoms with E-state index in [9.17, 15) is 4.79 Å². The molecule has 0 radical (unpaired) electrons. The van der Waals surface area contributed by atoms with Gasteiger partial charge in [0.05, 0.1) is 6.04 Å². The van der Waals surface area contributed by atoms with Crippen LogP contribution in [0, 0.1) is 6.92 Å². The third-order valence-corrected chi connectivity index (χ3v) is 3.25. The van der Waals surface area contributed by atoms with E-state index in [1.165, 1.54) is 0 Å². The van der Waals surface area contributed by atoms with E-state index in [0.717, 1.165) is 37.2 Å². The van der Waals surface area contributed by atoms with E-state index in [2.05, 4.69) is 25.2 Å². The number of hydrogen-bond donors (Lipinski definition) is 1. The molecule has 0 spiro atoms. The molecule has 1 N–H and O–H groups in total. The van der Waals surface area contributed by atoms with Crippen LogP contribution in [0.5, 0.6) is 0 Å². The number of hydrogen-bond acceptors (Lipinski definition) is 2. The molecule has 1 saturated heterocycles. The maximum atomic E-state index is 12.2. The van der Waals surface area contributed by atoms with Crippen LogP contribution in [0.1, 0.15) is 25.3 Å². The molecule has 0 aromatic heterocycles. The van der Waals surface area contributed by atoms with Crippen LogP contribution in [0.25, 0.3) is 0 Å². The van der Waals surface area contributed by atoms with Gasteiger partial charge in [0.2, 0.25) is 5.91 Å². The molecule has 92 valence electrons. The Bertz CT molecular complexity index is 403. The first-order chi connectivity index (χ1) is 8.24. The molecule has 0 aliphatic carbocycles. The summed E-state index contributed by atoms with van der Waals surface area (Å²) in [4.78, 5) is 14.1. The van der Waals surface area contributed by atoms with Crippen LogP contribution in [0.4, 0.5) is 5.69 Å². The highest BCUT2D eigenvalue weighted by molar-refractivity contribution is 5.99. The minimum absolute atomic E-state index is 0.00885. The molecule has 1 unspecified atom stereocenters. The van der Waals surface area contributed by atoms with E-state index in [0.29, 0.717) is 0 Å². The molecule has 1 atom stereocenters. The van der Waals surface area contributed by atoms with Crippen molar-refractivity contribution >= 4 is 11.6 Å². The number of aryl methyl sites for hydroxylation is 1. The molecule has 17 heavy (non-hydrogen) atoms. The predicted octanol–water partition coefficient (Wildman–Crippen LogP) is 2.10. The molecule has 1 heterocycles. The van der Waals surface area contributed by atoms with Crippen molar-refractivity contribution in [3.63, 3.8) is 0 Å². The van der Waals surface area contributed by atoms with Crippen LogP contribution in [0.2, 0.25) is 0 Å². The number of para-hydroxylation sites is 1. The third kappa shape index (κ3) is 2.50. The van der Waals surface area contributed by atoms with E-state index in [1.54, 1.807) is 0 Å². The molecule has 2 rings (SSSR count). The third-order valence-electron chi connectivity index (χ3n) is 3.25. The first-order valence-electron chi connectivity index (χ1n) is 6.34. The molecule has 0 saturated carbocycles. The number of carbonyl (C=O) groups is 1. The number of carbonyl (C=O) groups excluding carboxylic acids is 1. The van der Waals surface area contributed by atoms with Gasteiger partial charge < -0.3 is 10.2 Å². The second kappa shape index (κ2) is 5.32. The summed E-state index contributed by atoms with van der Waals surface area (Å²) >= 11 is 0. The fraction of sp³-hybridized carbons (Fsp3) is 0.500. The van der Waals surface area contributed by atoms with E-state index in [-0.39, 0.29) is 11.9 Å². The molecular formula is C14H20N2O. The van der Waals surface area contributed by atoms with Gasteiger partial charge in [-0.25, -0.2) is 0 Å². The van der Waals surface area contributed by atoms with E-state index in [1.807, 2.05) is 23.1 Å². The summed E-state index contributed by atoms with van der Waals surface area (Å²) in [6.07, 6.45) is 1.97. The molecule has 0 bridgehead atoms. The Morgan fingerprint density at radius 1 is 1.41 bits per heavy atom. The lowest BCUT2D eigenvalue weighted by molar-refractivity contribution is -0.118. The largest absolute Gasteiger partial charge is 0.311 e. The minimum atomic E-state index is 0.00885. The number of nitrogens with one attached hydrogen (secondary N) is 1. The smallest absolute Gasteiger partial charge is 0.244 e. The summed E-state index contributed by atoms with van der Waals surface area (Å²) in [5, 5.41) is 3.31. The fourth-order valence-electron chi connectivity index (χ4n) is 2.29. The Balaban J connectivity index is 2.10. The summed E-state index contributed by atoms with van der Waals surface area (Å²) in [5.74, 6) is 0.216. The van der Waals surface area contributed by atoms with Crippen LogP contribution in [-0.4, -0.2) is 25.0 Å². The summed E-state index contributed by atoms with van der Waals surface area (Å²) in [5.41, 5.74) is 2.22. The Morgan fingerprint density at radius 2 is 2.18 bits per heavy atom. The molecule has 1 aromatic carbocycles. The Kier molecular flexibility index (Phi) is 3.79. The van der Waals surface area contributed by atoms with Crippen molar-refractivity contribution in [1.82, 2.24) is 5.32 Å². The van der Waals surface area contributed by atoms with Gasteiger partial charge in [-0.15, -0.1) is 0 Å².